The molecule has 0 aromatic heterocycles. The van der Waals surface area contributed by atoms with Gasteiger partial charge in [-0.25, -0.2) is 22.0 Å². The van der Waals surface area contributed by atoms with Gasteiger partial charge >= 0.3 is 5.51 Å². The Morgan fingerprint density at radius 3 is 2.30 bits per heavy atom. The monoisotopic (exact) mass is 376 g/mol. The van der Waals surface area contributed by atoms with E-state index in [4.69, 9.17) is 9.88 Å². The average Bonchev–Trinajstić information content (AvgIpc) is 2.41. The third-order valence-corrected chi connectivity index (χ3v) is 5.08. The summed E-state index contributed by atoms with van der Waals surface area (Å²) in [6.07, 6.45) is 0. The van der Waals surface area contributed by atoms with Gasteiger partial charge in [0.2, 0.25) is 10.0 Å². The maximum absolute atomic E-state index is 12.7. The molecule has 0 amide bonds. The van der Waals surface area contributed by atoms with Crippen LogP contribution in [-0.2, 0) is 24.6 Å². The summed E-state index contributed by atoms with van der Waals surface area (Å²) in [6, 6.07) is 2.19. The number of anilines is 1. The largest absolute Gasteiger partial charge is 0.501 e. The van der Waals surface area contributed by atoms with Crippen LogP contribution in [0.15, 0.2) is 28.0 Å². The molecule has 0 spiro atoms. The molecule has 7 nitrogen and oxygen atoms in total. The van der Waals surface area contributed by atoms with Crippen molar-refractivity contribution >= 4 is 25.5 Å². The van der Waals surface area contributed by atoms with E-state index in [0.29, 0.717) is 12.7 Å². The van der Waals surface area contributed by atoms with Gasteiger partial charge in [0.25, 0.3) is 9.84 Å². The molecule has 0 fully saturated rings. The summed E-state index contributed by atoms with van der Waals surface area (Å²) in [7, 11) is -10.1. The fourth-order valence-corrected chi connectivity index (χ4v) is 3.15. The Morgan fingerprint density at radius 1 is 1.22 bits per heavy atom. The number of halogens is 3. The Morgan fingerprint density at radius 2 is 1.83 bits per heavy atom. The number of rotatable bonds is 7. The van der Waals surface area contributed by atoms with Gasteiger partial charge in [0.05, 0.1) is 17.2 Å². The average molecular weight is 376 g/mol. The molecule has 0 aliphatic heterocycles. The van der Waals surface area contributed by atoms with Crippen LogP contribution in [0.3, 0.4) is 0 Å². The van der Waals surface area contributed by atoms with Crippen molar-refractivity contribution in [2.45, 2.75) is 22.2 Å². The van der Waals surface area contributed by atoms with Gasteiger partial charge in [-0.1, -0.05) is 0 Å². The van der Waals surface area contributed by atoms with Crippen LogP contribution < -0.4 is 10.5 Å². The molecule has 1 aromatic carbocycles. The number of primary sulfonamides is 1. The first kappa shape index (κ1) is 19.7. The van der Waals surface area contributed by atoms with Crippen LogP contribution in [0.5, 0.6) is 0 Å². The van der Waals surface area contributed by atoms with Crippen LogP contribution in [-0.4, -0.2) is 42.1 Å². The van der Waals surface area contributed by atoms with Gasteiger partial charge < -0.3 is 10.1 Å². The highest BCUT2D eigenvalue weighted by Crippen LogP contribution is 2.35. The third-order valence-electron chi connectivity index (χ3n) is 2.64. The zero-order chi connectivity index (χ0) is 17.9. The number of sulfonamides is 1. The molecule has 0 aliphatic carbocycles. The van der Waals surface area contributed by atoms with E-state index < -0.39 is 40.8 Å². The van der Waals surface area contributed by atoms with E-state index in [1.165, 1.54) is 0 Å². The van der Waals surface area contributed by atoms with Crippen LogP contribution in [0, 0.1) is 0 Å². The highest BCUT2D eigenvalue weighted by atomic mass is 32.2. The summed E-state index contributed by atoms with van der Waals surface area (Å²) in [5.74, 6) is 0. The Hall–Kier alpha value is -1.37. The van der Waals surface area contributed by atoms with Crippen molar-refractivity contribution in [3.05, 3.63) is 18.2 Å². The lowest BCUT2D eigenvalue weighted by atomic mass is 10.3. The van der Waals surface area contributed by atoms with Crippen molar-refractivity contribution in [2.75, 3.05) is 25.1 Å². The summed E-state index contributed by atoms with van der Waals surface area (Å²) in [4.78, 5) is -1.95. The zero-order valence-corrected chi connectivity index (χ0v) is 13.6. The molecule has 132 valence electrons. The first-order valence-electron chi connectivity index (χ1n) is 6.21. The predicted molar refractivity (Wildman–Crippen MR) is 76.0 cm³/mol. The van der Waals surface area contributed by atoms with Gasteiger partial charge in [-0.2, -0.15) is 13.2 Å². The highest BCUT2D eigenvalue weighted by Gasteiger charge is 2.48. The Labute approximate surface area is 131 Å². The molecule has 0 aliphatic rings. The van der Waals surface area contributed by atoms with Gasteiger partial charge in [-0.05, 0) is 25.1 Å². The quantitative estimate of drug-likeness (QED) is 0.688. The fraction of sp³-hybridized carbons (Fsp3) is 0.455. The van der Waals surface area contributed by atoms with Gasteiger partial charge in [-0.3, -0.25) is 0 Å². The van der Waals surface area contributed by atoms with Gasteiger partial charge in [-0.15, -0.1) is 0 Å². The molecular weight excluding hydrogens is 361 g/mol. The molecule has 0 saturated heterocycles. The normalized spacial score (nSPS) is 13.1. The molecule has 0 heterocycles. The minimum Gasteiger partial charge on any atom is -0.382 e. The molecule has 0 saturated carbocycles. The summed E-state index contributed by atoms with van der Waals surface area (Å²) in [6.45, 7) is 2.24. The fourth-order valence-electron chi connectivity index (χ4n) is 1.57. The minimum absolute atomic E-state index is 0.0307. The summed E-state index contributed by atoms with van der Waals surface area (Å²) in [5, 5.41) is 7.29. The number of ether oxygens (including phenoxy) is 1. The lowest BCUT2D eigenvalue weighted by molar-refractivity contribution is -0.0435. The third kappa shape index (κ3) is 4.80. The lowest BCUT2D eigenvalue weighted by Gasteiger charge is -2.15. The minimum atomic E-state index is -5.76. The molecule has 1 rings (SSSR count). The van der Waals surface area contributed by atoms with E-state index in [-0.39, 0.29) is 13.2 Å². The Balaban J connectivity index is 3.36. The molecule has 0 bridgehead atoms. The summed E-state index contributed by atoms with van der Waals surface area (Å²) in [5.41, 5.74) is -5.98. The van der Waals surface area contributed by atoms with E-state index in [9.17, 15) is 30.0 Å². The first-order chi connectivity index (χ1) is 10.4. The van der Waals surface area contributed by atoms with Crippen LogP contribution in [0.25, 0.3) is 0 Å². The maximum Gasteiger partial charge on any atom is 0.501 e. The molecule has 23 heavy (non-hydrogen) atoms. The second-order valence-corrected chi connectivity index (χ2v) is 7.75. The van der Waals surface area contributed by atoms with Crippen molar-refractivity contribution in [3.8, 4) is 0 Å². The number of sulfone groups is 1. The van der Waals surface area contributed by atoms with E-state index in [1.807, 2.05) is 0 Å². The van der Waals surface area contributed by atoms with E-state index in [2.05, 4.69) is 5.32 Å². The number of benzene rings is 1. The molecule has 1 aromatic rings. The van der Waals surface area contributed by atoms with E-state index in [1.54, 1.807) is 6.92 Å². The Kier molecular flexibility index (Phi) is 6.01. The number of nitrogens with two attached hydrogens (primary N) is 1. The van der Waals surface area contributed by atoms with Crippen LogP contribution in [0.2, 0.25) is 0 Å². The second-order valence-electron chi connectivity index (χ2n) is 4.28. The zero-order valence-electron chi connectivity index (χ0n) is 11.9. The van der Waals surface area contributed by atoms with Crippen LogP contribution >= 0.6 is 0 Å². The topological polar surface area (TPSA) is 116 Å². The van der Waals surface area contributed by atoms with Gasteiger partial charge in [0.1, 0.15) is 4.90 Å². The number of hydrogen-bond donors (Lipinski definition) is 2. The lowest BCUT2D eigenvalue weighted by Crippen LogP contribution is -2.25. The van der Waals surface area contributed by atoms with Crippen molar-refractivity contribution in [3.63, 3.8) is 0 Å². The second kappa shape index (κ2) is 7.03. The first-order valence-corrected chi connectivity index (χ1v) is 9.24. The standard InChI is InChI=1S/C11H15F3N2O5S2/c1-2-21-6-5-16-9-4-3-8(23(15,19)20)7-10(9)22(17,18)11(12,13)14/h3-4,7,16H,2,5-6H2,1H3,(H2,15,19,20). The molecule has 0 radical (unpaired) electrons. The number of nitrogens with one attached hydrogen (secondary N) is 1. The maximum atomic E-state index is 12.7. The van der Waals surface area contributed by atoms with Crippen molar-refractivity contribution in [2.24, 2.45) is 5.14 Å². The van der Waals surface area contributed by atoms with Gasteiger partial charge in [0, 0.05) is 13.2 Å². The highest BCUT2D eigenvalue weighted by molar-refractivity contribution is 7.92. The summed E-state index contributed by atoms with van der Waals surface area (Å²) < 4.78 is 88.9. The SMILES string of the molecule is CCOCCNc1ccc(S(N)(=O)=O)cc1S(=O)(=O)C(F)(F)F. The molecule has 3 N–H and O–H groups in total. The number of hydrogen-bond acceptors (Lipinski definition) is 6. The smallest absolute Gasteiger partial charge is 0.382 e. The predicted octanol–water partition coefficient (Wildman–Crippen LogP) is 1.08. The summed E-state index contributed by atoms with van der Waals surface area (Å²) >= 11 is 0. The van der Waals surface area contributed by atoms with Gasteiger partial charge in [0.15, 0.2) is 0 Å². The van der Waals surface area contributed by atoms with Crippen molar-refractivity contribution < 1.29 is 34.7 Å². The van der Waals surface area contributed by atoms with Crippen LogP contribution in [0.1, 0.15) is 6.92 Å². The molecule has 0 atom stereocenters. The Bertz CT molecular complexity index is 760. The van der Waals surface area contributed by atoms with Crippen molar-refractivity contribution in [1.82, 2.24) is 0 Å². The molecular formula is C11H15F3N2O5S2. The van der Waals surface area contributed by atoms with E-state index in [0.717, 1.165) is 12.1 Å². The van der Waals surface area contributed by atoms with Crippen molar-refractivity contribution in [1.29, 1.82) is 0 Å². The number of alkyl halides is 3. The molecule has 12 heteroatoms. The molecule has 0 unspecified atom stereocenters. The van der Waals surface area contributed by atoms with Crippen LogP contribution in [0.4, 0.5) is 18.9 Å². The van der Waals surface area contributed by atoms with E-state index >= 15 is 0 Å².